The van der Waals surface area contributed by atoms with E-state index in [0.29, 0.717) is 12.8 Å². The molecule has 19 nitrogen and oxygen atoms in total. The molecule has 540 valence electrons. The van der Waals surface area contributed by atoms with Gasteiger partial charge in [0.05, 0.1) is 38.6 Å². The topological polar surface area (TPSA) is 307 Å². The van der Waals surface area contributed by atoms with E-state index >= 15 is 0 Å². The Balaban J connectivity index is 1.39. The van der Waals surface area contributed by atoms with Crippen molar-refractivity contribution < 1.29 is 89.4 Å². The molecule has 0 radical (unpaired) electrons. The summed E-state index contributed by atoms with van der Waals surface area (Å²) < 4.78 is 34.3. The number of allylic oxidation sites excluding steroid dienone is 5. The van der Waals surface area contributed by atoms with Gasteiger partial charge in [-0.25, -0.2) is 0 Å². The number of amides is 1. The molecule has 3 fully saturated rings. The highest BCUT2D eigenvalue weighted by molar-refractivity contribution is 5.76. The fourth-order valence-corrected chi connectivity index (χ4v) is 12.6. The first-order valence-corrected chi connectivity index (χ1v) is 37.2. The van der Waals surface area contributed by atoms with E-state index in [1.54, 1.807) is 6.08 Å². The molecule has 1 amide bonds. The van der Waals surface area contributed by atoms with Gasteiger partial charge in [0.25, 0.3) is 0 Å². The summed E-state index contributed by atoms with van der Waals surface area (Å²) in [6, 6.07) is -0.994. The Morgan fingerprint density at radius 1 is 0.380 bits per heavy atom. The van der Waals surface area contributed by atoms with E-state index in [-0.39, 0.29) is 18.9 Å². The molecule has 0 aliphatic carbocycles. The van der Waals surface area contributed by atoms with Crippen molar-refractivity contribution in [3.05, 3.63) is 36.5 Å². The maximum absolute atomic E-state index is 13.4. The highest BCUT2D eigenvalue weighted by Gasteiger charge is 2.53. The first kappa shape index (κ1) is 84.2. The molecule has 0 aromatic rings. The van der Waals surface area contributed by atoms with E-state index in [4.69, 9.17) is 28.4 Å². The predicted molar refractivity (Wildman–Crippen MR) is 360 cm³/mol. The molecule has 17 atom stereocenters. The number of hydrogen-bond donors (Lipinski definition) is 12. The summed E-state index contributed by atoms with van der Waals surface area (Å²) in [6.07, 6.45) is 38.7. The highest BCUT2D eigenvalue weighted by Crippen LogP contribution is 2.33. The molecule has 3 rings (SSSR count). The molecule has 0 aromatic heterocycles. The van der Waals surface area contributed by atoms with Gasteiger partial charge in [-0.1, -0.05) is 262 Å². The van der Waals surface area contributed by atoms with Crippen LogP contribution in [0.1, 0.15) is 290 Å². The Morgan fingerprint density at radius 3 is 1.09 bits per heavy atom. The first-order chi connectivity index (χ1) is 44.8. The molecule has 19 heteroatoms. The van der Waals surface area contributed by atoms with Gasteiger partial charge in [-0.3, -0.25) is 4.79 Å². The zero-order chi connectivity index (χ0) is 66.8. The second-order valence-corrected chi connectivity index (χ2v) is 26.7. The second-order valence-electron chi connectivity index (χ2n) is 26.7. The van der Waals surface area contributed by atoms with Gasteiger partial charge in [0.1, 0.15) is 73.2 Å². The summed E-state index contributed by atoms with van der Waals surface area (Å²) in [4.78, 5) is 13.4. The third kappa shape index (κ3) is 36.0. The van der Waals surface area contributed by atoms with Crippen molar-refractivity contribution in [3.8, 4) is 0 Å². The normalized spacial score (nSPS) is 27.9. The average molecular weight is 1310 g/mol. The summed E-state index contributed by atoms with van der Waals surface area (Å²) in [6.45, 7) is 1.73. The van der Waals surface area contributed by atoms with E-state index in [0.717, 1.165) is 57.8 Å². The lowest BCUT2D eigenvalue weighted by molar-refractivity contribution is -0.379. The molecule has 3 heterocycles. The van der Waals surface area contributed by atoms with Crippen LogP contribution in [0.5, 0.6) is 0 Å². The van der Waals surface area contributed by atoms with Gasteiger partial charge in [-0.15, -0.1) is 0 Å². The van der Waals surface area contributed by atoms with Crippen LogP contribution in [-0.4, -0.2) is 193 Å². The summed E-state index contributed by atoms with van der Waals surface area (Å²) in [5.41, 5.74) is 0. The van der Waals surface area contributed by atoms with Gasteiger partial charge in [0, 0.05) is 6.42 Å². The molecular weight excluding hydrogens is 1180 g/mol. The third-order valence-corrected chi connectivity index (χ3v) is 18.7. The third-order valence-electron chi connectivity index (χ3n) is 18.7. The van der Waals surface area contributed by atoms with Crippen molar-refractivity contribution in [2.24, 2.45) is 0 Å². The number of rotatable bonds is 58. The minimum Gasteiger partial charge on any atom is -0.394 e. The SMILES string of the molecule is CCCCCCCC/C=C\CCCCCCCC(=O)NC(COC1OC(CO)C(OC2OC(CO)C(OC3OC(CO)C(O)C(O)C3O)C(O)C2O)C(O)C1O)C(O)/C=C/CC/C=C/CCCCCCCCCCCCCCCCCCCCCCCCCCCC. The van der Waals surface area contributed by atoms with Crippen LogP contribution >= 0.6 is 0 Å². The fourth-order valence-electron chi connectivity index (χ4n) is 12.6. The number of unbranched alkanes of at least 4 members (excludes halogenated alkanes) is 38. The fraction of sp³-hybridized carbons (Fsp3) is 0.904. The average Bonchev–Trinajstić information content (AvgIpc) is 0.837. The Kier molecular flexibility index (Phi) is 50.3. The van der Waals surface area contributed by atoms with Crippen molar-refractivity contribution in [1.82, 2.24) is 5.32 Å². The summed E-state index contributed by atoms with van der Waals surface area (Å²) in [7, 11) is 0. The van der Waals surface area contributed by atoms with Crippen LogP contribution in [-0.2, 0) is 33.2 Å². The number of aliphatic hydroxyl groups is 11. The van der Waals surface area contributed by atoms with E-state index in [2.05, 4.69) is 43.5 Å². The van der Waals surface area contributed by atoms with Gasteiger partial charge < -0.3 is 89.9 Å². The van der Waals surface area contributed by atoms with E-state index in [1.807, 2.05) is 6.08 Å². The monoisotopic (exact) mass is 1310 g/mol. The smallest absolute Gasteiger partial charge is 0.220 e. The Hall–Kier alpha value is -1.99. The standard InChI is InChI=1S/C73H135NO18/c1-3-5-7-9-11-13-15-17-19-20-21-22-23-24-25-26-27-28-29-30-31-32-33-34-35-37-38-40-42-44-46-48-50-57(78)56(74-61(79)51-49-47-45-43-41-39-36-18-16-14-12-10-8-6-4-2)55-87-71-67(85)64(82)69(59(53-76)89-71)92-73-68(86)65(83)70(60(54-77)90-73)91-72-66(84)63(81)62(80)58(52-75)88-72/h18,36,40,42,48,50,56-60,62-73,75-78,80-86H,3-17,19-35,37-39,41,43-47,49,51-55H2,1-2H3,(H,74,79)/b36-18-,42-40+,50-48+. The van der Waals surface area contributed by atoms with Crippen LogP contribution in [0.25, 0.3) is 0 Å². The minimum absolute atomic E-state index is 0.226. The van der Waals surface area contributed by atoms with E-state index < -0.39 is 124 Å². The van der Waals surface area contributed by atoms with Crippen LogP contribution in [0, 0.1) is 0 Å². The van der Waals surface area contributed by atoms with Crippen LogP contribution in [0.2, 0.25) is 0 Å². The molecule has 0 saturated carbocycles. The molecule has 92 heavy (non-hydrogen) atoms. The quantitative estimate of drug-likeness (QED) is 0.0199. The Labute approximate surface area is 555 Å². The number of ether oxygens (including phenoxy) is 6. The van der Waals surface area contributed by atoms with Gasteiger partial charge in [0.15, 0.2) is 18.9 Å². The molecule has 3 aliphatic rings. The summed E-state index contributed by atoms with van der Waals surface area (Å²) in [5.74, 6) is -0.292. The largest absolute Gasteiger partial charge is 0.394 e. The van der Waals surface area contributed by atoms with Crippen molar-refractivity contribution in [2.75, 3.05) is 26.4 Å². The highest BCUT2D eigenvalue weighted by atomic mass is 16.8. The van der Waals surface area contributed by atoms with Crippen molar-refractivity contribution in [3.63, 3.8) is 0 Å². The van der Waals surface area contributed by atoms with Crippen molar-refractivity contribution >= 4 is 5.91 Å². The summed E-state index contributed by atoms with van der Waals surface area (Å²) in [5, 5.41) is 121. The van der Waals surface area contributed by atoms with Gasteiger partial charge in [0.2, 0.25) is 5.91 Å². The van der Waals surface area contributed by atoms with Crippen LogP contribution in [0.15, 0.2) is 36.5 Å². The minimum atomic E-state index is -1.98. The van der Waals surface area contributed by atoms with E-state index in [9.17, 15) is 61.0 Å². The number of hydrogen-bond acceptors (Lipinski definition) is 18. The molecule has 0 aromatic carbocycles. The van der Waals surface area contributed by atoms with Crippen molar-refractivity contribution in [2.45, 2.75) is 394 Å². The zero-order valence-electron chi connectivity index (χ0n) is 57.3. The van der Waals surface area contributed by atoms with Crippen molar-refractivity contribution in [1.29, 1.82) is 0 Å². The van der Waals surface area contributed by atoms with Gasteiger partial charge >= 0.3 is 0 Å². The lowest BCUT2D eigenvalue weighted by Gasteiger charge is -2.48. The number of nitrogens with one attached hydrogen (secondary N) is 1. The molecule has 17 unspecified atom stereocenters. The second kappa shape index (κ2) is 55.0. The molecule has 0 bridgehead atoms. The van der Waals surface area contributed by atoms with Crippen LogP contribution < -0.4 is 5.32 Å². The van der Waals surface area contributed by atoms with Crippen LogP contribution in [0.4, 0.5) is 0 Å². The molecule has 12 N–H and O–H groups in total. The lowest BCUT2D eigenvalue weighted by atomic mass is 9.96. The summed E-state index contributed by atoms with van der Waals surface area (Å²) >= 11 is 0. The zero-order valence-corrected chi connectivity index (χ0v) is 57.3. The van der Waals surface area contributed by atoms with Gasteiger partial charge in [-0.2, -0.15) is 0 Å². The molecule has 0 spiro atoms. The maximum Gasteiger partial charge on any atom is 0.220 e. The number of aliphatic hydroxyl groups excluding tert-OH is 11. The Morgan fingerprint density at radius 2 is 0.696 bits per heavy atom. The molecule has 3 saturated heterocycles. The molecule has 3 aliphatic heterocycles. The van der Waals surface area contributed by atoms with Gasteiger partial charge in [-0.05, 0) is 57.8 Å². The van der Waals surface area contributed by atoms with E-state index in [1.165, 1.54) is 199 Å². The maximum atomic E-state index is 13.4. The predicted octanol–water partition coefficient (Wildman–Crippen LogP) is 10.8. The number of carbonyl (C=O) groups is 1. The lowest BCUT2D eigenvalue weighted by Crippen LogP contribution is -2.66. The Bertz CT molecular complexity index is 1810. The molecular formula is C73H135NO18. The van der Waals surface area contributed by atoms with Crippen LogP contribution in [0.3, 0.4) is 0 Å². The first-order valence-electron chi connectivity index (χ1n) is 37.2. The number of carbonyl (C=O) groups excluding carboxylic acids is 1.